The van der Waals surface area contributed by atoms with Crippen molar-refractivity contribution in [1.82, 2.24) is 9.88 Å². The van der Waals surface area contributed by atoms with Gasteiger partial charge in [0.05, 0.1) is 16.4 Å². The van der Waals surface area contributed by atoms with Crippen LogP contribution in [0.2, 0.25) is 0 Å². The number of hydrogen-bond donors (Lipinski definition) is 2. The van der Waals surface area contributed by atoms with E-state index in [-0.39, 0.29) is 17.3 Å². The number of piperidine rings is 1. The van der Waals surface area contributed by atoms with Crippen LogP contribution >= 0.6 is 0 Å². The molecule has 3 heterocycles. The molecule has 0 bridgehead atoms. The van der Waals surface area contributed by atoms with Crippen molar-refractivity contribution in [2.75, 3.05) is 19.7 Å². The maximum absolute atomic E-state index is 15.0. The first kappa shape index (κ1) is 14.5. The molecule has 5 heteroatoms. The van der Waals surface area contributed by atoms with E-state index in [9.17, 15) is 0 Å². The smallest absolute Gasteiger partial charge is 0.150 e. The fourth-order valence-electron chi connectivity index (χ4n) is 4.41. The zero-order valence-electron chi connectivity index (χ0n) is 13.9. The van der Waals surface area contributed by atoms with Gasteiger partial charge in [-0.15, -0.1) is 0 Å². The number of pyridine rings is 1. The van der Waals surface area contributed by atoms with Gasteiger partial charge in [-0.1, -0.05) is 0 Å². The van der Waals surface area contributed by atoms with E-state index in [4.69, 9.17) is 10.1 Å². The molecule has 0 unspecified atom stereocenters. The molecule has 2 fully saturated rings. The van der Waals surface area contributed by atoms with Gasteiger partial charge in [0.2, 0.25) is 0 Å². The quantitative estimate of drug-likeness (QED) is 0.846. The first-order chi connectivity index (χ1) is 11.6. The third kappa shape index (κ3) is 1.85. The third-order valence-electron chi connectivity index (χ3n) is 6.04. The van der Waals surface area contributed by atoms with E-state index < -0.39 is 0 Å². The molecule has 0 radical (unpaired) electrons. The van der Waals surface area contributed by atoms with Gasteiger partial charge in [0.25, 0.3) is 0 Å². The highest BCUT2D eigenvalue weighted by atomic mass is 19.1. The largest absolute Gasteiger partial charge is 0.489 e. The highest BCUT2D eigenvalue weighted by Gasteiger charge is 2.49. The average molecular weight is 327 g/mol. The summed E-state index contributed by atoms with van der Waals surface area (Å²) >= 11 is 0. The second-order valence-corrected chi connectivity index (χ2v) is 7.59. The lowest BCUT2D eigenvalue weighted by atomic mass is 9.87. The van der Waals surface area contributed by atoms with Crippen molar-refractivity contribution in [3.05, 3.63) is 34.6 Å². The number of rotatable bonds is 1. The van der Waals surface area contributed by atoms with Gasteiger partial charge < -0.3 is 14.6 Å². The highest BCUT2D eigenvalue weighted by Crippen LogP contribution is 2.51. The molecule has 1 saturated heterocycles. The molecule has 1 aromatic carbocycles. The number of nitrogens with one attached hydrogen (secondary N) is 2. The molecule has 2 aromatic rings. The Morgan fingerprint density at radius 3 is 2.79 bits per heavy atom. The maximum atomic E-state index is 15.0. The van der Waals surface area contributed by atoms with Crippen molar-refractivity contribution in [1.29, 1.82) is 5.41 Å². The Morgan fingerprint density at radius 2 is 2.08 bits per heavy atom. The molecule has 4 nitrogen and oxygen atoms in total. The molecule has 1 aromatic heterocycles. The van der Waals surface area contributed by atoms with Crippen molar-refractivity contribution in [3.63, 3.8) is 0 Å². The lowest BCUT2D eigenvalue weighted by Gasteiger charge is -2.33. The predicted molar refractivity (Wildman–Crippen MR) is 90.0 cm³/mol. The zero-order chi connectivity index (χ0) is 16.5. The molecule has 3 aliphatic rings. The van der Waals surface area contributed by atoms with Crippen LogP contribution in [0.1, 0.15) is 42.7 Å². The Bertz CT molecular complexity index is 907. The van der Waals surface area contributed by atoms with E-state index in [0.29, 0.717) is 23.1 Å². The Balaban J connectivity index is 1.85. The summed E-state index contributed by atoms with van der Waals surface area (Å²) in [6.07, 6.45) is 6.15. The van der Waals surface area contributed by atoms with Crippen molar-refractivity contribution in [3.8, 4) is 5.75 Å². The number of nitrogens with zero attached hydrogens (tertiary/aromatic N) is 1. The number of halogens is 1. The lowest BCUT2D eigenvalue weighted by Crippen LogP contribution is -2.33. The number of aryl methyl sites for hydroxylation is 1. The van der Waals surface area contributed by atoms with Crippen LogP contribution < -0.4 is 15.4 Å². The maximum Gasteiger partial charge on any atom is 0.150 e. The van der Waals surface area contributed by atoms with Gasteiger partial charge in [-0.3, -0.25) is 5.41 Å². The lowest BCUT2D eigenvalue weighted by molar-refractivity contribution is 0.215. The van der Waals surface area contributed by atoms with Crippen molar-refractivity contribution >= 4 is 10.9 Å². The van der Waals surface area contributed by atoms with Gasteiger partial charge in [-0.25, -0.2) is 4.39 Å². The molecule has 1 saturated carbocycles. The van der Waals surface area contributed by atoms with Crippen LogP contribution in [-0.2, 0) is 5.54 Å². The second kappa shape index (κ2) is 4.82. The van der Waals surface area contributed by atoms with Gasteiger partial charge in [0, 0.05) is 17.1 Å². The molecule has 24 heavy (non-hydrogen) atoms. The molecule has 0 amide bonds. The van der Waals surface area contributed by atoms with Crippen LogP contribution in [0, 0.1) is 18.2 Å². The van der Waals surface area contributed by atoms with E-state index in [2.05, 4.69) is 16.1 Å². The Kier molecular flexibility index (Phi) is 2.90. The Labute approximate surface area is 140 Å². The monoisotopic (exact) mass is 327 g/mol. The topological polar surface area (TPSA) is 50.0 Å². The first-order valence-corrected chi connectivity index (χ1v) is 8.88. The molecule has 1 spiro atoms. The zero-order valence-corrected chi connectivity index (χ0v) is 13.9. The Morgan fingerprint density at radius 1 is 1.33 bits per heavy atom. The van der Waals surface area contributed by atoms with E-state index in [1.165, 1.54) is 0 Å². The number of fused-ring (bicyclic) bond motifs is 1. The van der Waals surface area contributed by atoms with Crippen LogP contribution in [0.15, 0.2) is 12.3 Å². The SMILES string of the molecule is Cc1cn2c3c(c(C4CCNCC4)c(F)cc3c1=N)OCC21CC1. The molecular weight excluding hydrogens is 305 g/mol. The summed E-state index contributed by atoms with van der Waals surface area (Å²) in [7, 11) is 0. The Hall–Kier alpha value is -1.88. The summed E-state index contributed by atoms with van der Waals surface area (Å²) in [4.78, 5) is 0. The summed E-state index contributed by atoms with van der Waals surface area (Å²) in [5.74, 6) is 0.688. The summed E-state index contributed by atoms with van der Waals surface area (Å²) in [5, 5.41) is 12.8. The molecule has 5 rings (SSSR count). The second-order valence-electron chi connectivity index (χ2n) is 7.59. The van der Waals surface area contributed by atoms with Crippen LogP contribution in [-0.4, -0.2) is 24.3 Å². The minimum Gasteiger partial charge on any atom is -0.489 e. The van der Waals surface area contributed by atoms with E-state index in [1.807, 2.05) is 6.92 Å². The van der Waals surface area contributed by atoms with Crippen molar-refractivity contribution < 1.29 is 9.13 Å². The number of benzene rings is 1. The highest BCUT2D eigenvalue weighted by molar-refractivity contribution is 5.88. The fourth-order valence-corrected chi connectivity index (χ4v) is 4.41. The molecule has 1 aliphatic carbocycles. The van der Waals surface area contributed by atoms with E-state index >= 15 is 4.39 Å². The van der Waals surface area contributed by atoms with Gasteiger partial charge in [0.1, 0.15) is 18.2 Å². The number of ether oxygens (including phenoxy) is 1. The van der Waals surface area contributed by atoms with E-state index in [1.54, 1.807) is 6.07 Å². The predicted octanol–water partition coefficient (Wildman–Crippen LogP) is 2.92. The minimum absolute atomic E-state index is 0.0347. The van der Waals surface area contributed by atoms with Crippen LogP contribution in [0.3, 0.4) is 0 Å². The van der Waals surface area contributed by atoms with Crippen LogP contribution in [0.25, 0.3) is 10.9 Å². The van der Waals surface area contributed by atoms with Gasteiger partial charge in [-0.2, -0.15) is 0 Å². The first-order valence-electron chi connectivity index (χ1n) is 8.88. The standard InChI is InChI=1S/C19H22FN3O/c1-11-9-23-17-13(16(11)21)8-14(20)15(12-2-6-22-7-3-12)18(17)24-10-19(23)4-5-19/h8-9,12,21-22H,2-7,10H2,1H3. The molecule has 2 aliphatic heterocycles. The molecular formula is C19H22FN3O. The molecule has 0 atom stereocenters. The number of hydrogen-bond acceptors (Lipinski definition) is 3. The van der Waals surface area contributed by atoms with Crippen molar-refractivity contribution in [2.24, 2.45) is 0 Å². The van der Waals surface area contributed by atoms with Crippen LogP contribution in [0.4, 0.5) is 4.39 Å². The average Bonchev–Trinajstić information content (AvgIpc) is 3.36. The summed E-state index contributed by atoms with van der Waals surface area (Å²) in [6, 6.07) is 1.58. The summed E-state index contributed by atoms with van der Waals surface area (Å²) < 4.78 is 23.5. The van der Waals surface area contributed by atoms with Gasteiger partial charge in [-0.05, 0) is 63.2 Å². The van der Waals surface area contributed by atoms with Crippen molar-refractivity contribution in [2.45, 2.75) is 44.1 Å². The van der Waals surface area contributed by atoms with Gasteiger partial charge >= 0.3 is 0 Å². The third-order valence-corrected chi connectivity index (χ3v) is 6.04. The van der Waals surface area contributed by atoms with Gasteiger partial charge in [0.15, 0.2) is 0 Å². The summed E-state index contributed by atoms with van der Waals surface area (Å²) in [6.45, 7) is 4.40. The molecule has 126 valence electrons. The van der Waals surface area contributed by atoms with Crippen LogP contribution in [0.5, 0.6) is 5.75 Å². The van der Waals surface area contributed by atoms with E-state index in [0.717, 1.165) is 55.4 Å². The summed E-state index contributed by atoms with van der Waals surface area (Å²) in [5.41, 5.74) is 2.60. The fraction of sp³-hybridized carbons (Fsp3) is 0.526. The number of aromatic nitrogens is 1. The normalized spacial score (nSPS) is 21.9. The molecule has 2 N–H and O–H groups in total. The minimum atomic E-state index is -0.207.